The van der Waals surface area contributed by atoms with Crippen LogP contribution < -0.4 is 10.3 Å². The van der Waals surface area contributed by atoms with E-state index in [1.54, 1.807) is 0 Å². The normalized spacial score (nSPS) is 12.2. The molecule has 1 atom stereocenters. The molecule has 0 bridgehead atoms. The second-order valence-electron chi connectivity index (χ2n) is 9.62. The second-order valence-corrected chi connectivity index (χ2v) is 9.62. The fourth-order valence-electron chi connectivity index (χ4n) is 5.01. The van der Waals surface area contributed by atoms with Crippen molar-refractivity contribution < 1.29 is 4.74 Å². The summed E-state index contributed by atoms with van der Waals surface area (Å²) in [6, 6.07) is 28.3. The lowest BCUT2D eigenvalue weighted by Gasteiger charge is -2.30. The first-order valence-electron chi connectivity index (χ1n) is 13.5. The fourth-order valence-corrected chi connectivity index (χ4v) is 5.01. The molecular weight excluding hydrogens is 488 g/mol. The van der Waals surface area contributed by atoms with E-state index in [1.807, 2.05) is 60.1 Å². The number of tetrazole rings is 1. The highest BCUT2D eigenvalue weighted by molar-refractivity contribution is 5.80. The monoisotopic (exact) mass is 522 g/mol. The summed E-state index contributed by atoms with van der Waals surface area (Å²) in [5, 5.41) is 13.8. The third-order valence-electron chi connectivity index (χ3n) is 6.97. The summed E-state index contributed by atoms with van der Waals surface area (Å²) in [5.41, 5.74) is 3.78. The van der Waals surface area contributed by atoms with Gasteiger partial charge in [-0.1, -0.05) is 67.6 Å². The summed E-state index contributed by atoms with van der Waals surface area (Å²) < 4.78 is 7.56. The molecule has 0 aliphatic heterocycles. The number of H-pyrrole nitrogens is 1. The molecule has 8 heteroatoms. The lowest BCUT2D eigenvalue weighted by atomic mass is 10.1. The van der Waals surface area contributed by atoms with Crippen molar-refractivity contribution in [2.75, 3.05) is 13.2 Å². The van der Waals surface area contributed by atoms with Crippen molar-refractivity contribution in [3.63, 3.8) is 0 Å². The summed E-state index contributed by atoms with van der Waals surface area (Å²) >= 11 is 0. The Morgan fingerprint density at radius 3 is 2.41 bits per heavy atom. The number of aromatic amines is 1. The van der Waals surface area contributed by atoms with E-state index in [4.69, 9.17) is 4.74 Å². The maximum absolute atomic E-state index is 13.2. The lowest BCUT2D eigenvalue weighted by molar-refractivity contribution is 0.172. The standard InChI is InChI=1S/C31H34N6O2/c1-3-29(30-33-34-35-37(30)21-24-13-9-6-10-14-24)36(18-17-23-11-7-5-8-12-23)22-26-19-25-20-27(39-4-2)15-16-28(25)32-31(26)38/h5-16,19-20,29H,3-4,17-18,21-22H2,1-2H3,(H,32,38). The molecule has 0 aliphatic rings. The summed E-state index contributed by atoms with van der Waals surface area (Å²) in [6.07, 6.45) is 1.64. The number of pyridine rings is 1. The minimum atomic E-state index is -0.0879. The number of ether oxygens (including phenoxy) is 1. The van der Waals surface area contributed by atoms with Gasteiger partial charge in [0.25, 0.3) is 5.56 Å². The van der Waals surface area contributed by atoms with Crippen molar-refractivity contribution in [3.8, 4) is 5.75 Å². The van der Waals surface area contributed by atoms with Crippen LogP contribution in [0.1, 0.15) is 48.8 Å². The van der Waals surface area contributed by atoms with Gasteiger partial charge >= 0.3 is 0 Å². The van der Waals surface area contributed by atoms with Gasteiger partial charge in [0.05, 0.1) is 19.2 Å². The molecular formula is C31H34N6O2. The van der Waals surface area contributed by atoms with Crippen LogP contribution in [-0.4, -0.2) is 43.2 Å². The maximum atomic E-state index is 13.2. The van der Waals surface area contributed by atoms with Crippen LogP contribution in [0.5, 0.6) is 5.75 Å². The molecule has 39 heavy (non-hydrogen) atoms. The van der Waals surface area contributed by atoms with E-state index in [1.165, 1.54) is 5.56 Å². The van der Waals surface area contributed by atoms with Crippen LogP contribution in [-0.2, 0) is 19.5 Å². The Morgan fingerprint density at radius 1 is 0.949 bits per heavy atom. The first kappa shape index (κ1) is 26.3. The van der Waals surface area contributed by atoms with Crippen LogP contribution in [0, 0.1) is 0 Å². The Morgan fingerprint density at radius 2 is 1.69 bits per heavy atom. The fraction of sp³-hybridized carbons (Fsp3) is 0.290. The van der Waals surface area contributed by atoms with Gasteiger partial charge < -0.3 is 9.72 Å². The van der Waals surface area contributed by atoms with E-state index in [0.717, 1.165) is 47.4 Å². The largest absolute Gasteiger partial charge is 0.494 e. The second kappa shape index (κ2) is 12.5. The number of benzene rings is 3. The average Bonchev–Trinajstić information content (AvgIpc) is 3.41. The topological polar surface area (TPSA) is 88.9 Å². The molecule has 5 aromatic rings. The van der Waals surface area contributed by atoms with E-state index in [0.29, 0.717) is 25.3 Å². The Kier molecular flexibility index (Phi) is 8.43. The van der Waals surface area contributed by atoms with Crippen molar-refractivity contribution in [1.29, 1.82) is 0 Å². The number of fused-ring (bicyclic) bond motifs is 1. The molecule has 3 aromatic carbocycles. The van der Waals surface area contributed by atoms with Gasteiger partial charge in [-0.15, -0.1) is 5.10 Å². The third kappa shape index (κ3) is 6.41. The predicted octanol–water partition coefficient (Wildman–Crippen LogP) is 5.16. The Labute approximate surface area is 228 Å². The smallest absolute Gasteiger partial charge is 0.252 e. The molecule has 2 aromatic heterocycles. The van der Waals surface area contributed by atoms with Crippen LogP contribution >= 0.6 is 0 Å². The molecule has 5 rings (SSSR count). The van der Waals surface area contributed by atoms with Gasteiger partial charge in [-0.3, -0.25) is 9.69 Å². The zero-order chi connectivity index (χ0) is 27.0. The molecule has 0 saturated carbocycles. The first-order chi connectivity index (χ1) is 19.1. The van der Waals surface area contributed by atoms with E-state index in [9.17, 15) is 4.79 Å². The number of hydrogen-bond donors (Lipinski definition) is 1. The quantitative estimate of drug-likeness (QED) is 0.244. The Hall–Kier alpha value is -4.30. The van der Waals surface area contributed by atoms with Gasteiger partial charge in [0.2, 0.25) is 0 Å². The van der Waals surface area contributed by atoms with Crippen LogP contribution in [0.2, 0.25) is 0 Å². The van der Waals surface area contributed by atoms with Crippen molar-refractivity contribution in [2.24, 2.45) is 0 Å². The number of hydrogen-bond acceptors (Lipinski definition) is 6. The van der Waals surface area contributed by atoms with Crippen molar-refractivity contribution in [3.05, 3.63) is 118 Å². The van der Waals surface area contributed by atoms with Crippen molar-refractivity contribution in [1.82, 2.24) is 30.1 Å². The van der Waals surface area contributed by atoms with Gasteiger partial charge in [0.15, 0.2) is 5.82 Å². The Balaban J connectivity index is 1.48. The summed E-state index contributed by atoms with van der Waals surface area (Å²) in [4.78, 5) is 18.6. The minimum absolute atomic E-state index is 0.0720. The number of rotatable bonds is 12. The molecule has 2 heterocycles. The van der Waals surface area contributed by atoms with Crippen LogP contribution in [0.4, 0.5) is 0 Å². The van der Waals surface area contributed by atoms with Gasteiger partial charge in [-0.2, -0.15) is 0 Å². The number of nitrogens with one attached hydrogen (secondary N) is 1. The average molecular weight is 523 g/mol. The Bertz CT molecular complexity index is 1550. The molecule has 0 saturated heterocycles. The van der Waals surface area contributed by atoms with E-state index in [2.05, 4.69) is 68.7 Å². The maximum Gasteiger partial charge on any atom is 0.252 e. The molecule has 8 nitrogen and oxygen atoms in total. The lowest BCUT2D eigenvalue weighted by Crippen LogP contribution is -2.34. The van der Waals surface area contributed by atoms with E-state index in [-0.39, 0.29) is 11.6 Å². The molecule has 0 spiro atoms. The molecule has 1 N–H and O–H groups in total. The summed E-state index contributed by atoms with van der Waals surface area (Å²) in [5.74, 6) is 1.58. The van der Waals surface area contributed by atoms with Crippen molar-refractivity contribution in [2.45, 2.75) is 45.8 Å². The van der Waals surface area contributed by atoms with E-state index >= 15 is 0 Å². The molecule has 1 unspecified atom stereocenters. The van der Waals surface area contributed by atoms with Gasteiger partial charge in [0.1, 0.15) is 5.75 Å². The molecule has 200 valence electrons. The molecule has 0 amide bonds. The summed E-state index contributed by atoms with van der Waals surface area (Å²) in [7, 11) is 0. The number of aromatic nitrogens is 5. The molecule has 0 radical (unpaired) electrons. The zero-order valence-corrected chi connectivity index (χ0v) is 22.5. The SMILES string of the molecule is CCOc1ccc2[nH]c(=O)c(CN(CCc3ccccc3)C(CC)c3nnnn3Cc3ccccc3)cc2c1. The van der Waals surface area contributed by atoms with Gasteiger partial charge in [-0.25, -0.2) is 4.68 Å². The highest BCUT2D eigenvalue weighted by Crippen LogP contribution is 2.26. The van der Waals surface area contributed by atoms with Crippen LogP contribution in [0.3, 0.4) is 0 Å². The van der Waals surface area contributed by atoms with Gasteiger partial charge in [-0.05, 0) is 65.6 Å². The highest BCUT2D eigenvalue weighted by Gasteiger charge is 2.26. The minimum Gasteiger partial charge on any atom is -0.494 e. The summed E-state index contributed by atoms with van der Waals surface area (Å²) in [6.45, 7) is 6.49. The number of nitrogens with zero attached hydrogens (tertiary/aromatic N) is 5. The van der Waals surface area contributed by atoms with Crippen LogP contribution in [0.25, 0.3) is 10.9 Å². The molecule has 0 fully saturated rings. The zero-order valence-electron chi connectivity index (χ0n) is 22.5. The third-order valence-corrected chi connectivity index (χ3v) is 6.97. The molecule has 0 aliphatic carbocycles. The predicted molar refractivity (Wildman–Crippen MR) is 153 cm³/mol. The highest BCUT2D eigenvalue weighted by atomic mass is 16.5. The van der Waals surface area contributed by atoms with E-state index < -0.39 is 0 Å². The first-order valence-corrected chi connectivity index (χ1v) is 13.5. The van der Waals surface area contributed by atoms with Gasteiger partial charge in [0, 0.05) is 29.6 Å². The van der Waals surface area contributed by atoms with Crippen molar-refractivity contribution >= 4 is 10.9 Å². The van der Waals surface area contributed by atoms with Crippen LogP contribution in [0.15, 0.2) is 89.7 Å².